The summed E-state index contributed by atoms with van der Waals surface area (Å²) in [5, 5.41) is 0. The summed E-state index contributed by atoms with van der Waals surface area (Å²) < 4.78 is 60.3. The van der Waals surface area contributed by atoms with E-state index in [1.54, 1.807) is 0 Å². The highest BCUT2D eigenvalue weighted by Crippen LogP contribution is 2.19. The van der Waals surface area contributed by atoms with Crippen LogP contribution in [0, 0.1) is 23.3 Å². The molecule has 104 valence electrons. The molecule has 0 aromatic heterocycles. The van der Waals surface area contributed by atoms with Crippen molar-refractivity contribution in [1.82, 2.24) is 0 Å². The number of halogens is 4. The van der Waals surface area contributed by atoms with E-state index >= 15 is 0 Å². The summed E-state index contributed by atoms with van der Waals surface area (Å²) in [7, 11) is 0. The van der Waals surface area contributed by atoms with Crippen molar-refractivity contribution in [1.29, 1.82) is 0 Å². The van der Waals surface area contributed by atoms with Gasteiger partial charge in [0.1, 0.15) is 34.8 Å². The van der Waals surface area contributed by atoms with E-state index < -0.39 is 40.9 Å². The van der Waals surface area contributed by atoms with Gasteiger partial charge in [0.15, 0.2) is 0 Å². The van der Waals surface area contributed by atoms with Crippen LogP contribution in [-0.2, 0) is 0 Å². The first-order valence-corrected chi connectivity index (χ1v) is 5.24. The Morgan fingerprint density at radius 1 is 0.650 bits per heavy atom. The highest BCUT2D eigenvalue weighted by molar-refractivity contribution is 5.67. The van der Waals surface area contributed by atoms with Crippen LogP contribution < -0.4 is 9.47 Å². The number of carbonyl (C=O) groups excluding carboxylic acids is 1. The van der Waals surface area contributed by atoms with Gasteiger partial charge in [0.25, 0.3) is 0 Å². The minimum Gasteiger partial charge on any atom is -0.394 e. The Balaban J connectivity index is 2.08. The molecular formula is C13H6F4O3. The van der Waals surface area contributed by atoms with Gasteiger partial charge >= 0.3 is 6.16 Å². The lowest BCUT2D eigenvalue weighted by Crippen LogP contribution is -2.14. The van der Waals surface area contributed by atoms with Gasteiger partial charge < -0.3 is 9.47 Å². The molecule has 2 rings (SSSR count). The Labute approximate surface area is 110 Å². The zero-order valence-corrected chi connectivity index (χ0v) is 9.70. The molecule has 0 N–H and O–H groups in total. The molecule has 0 aliphatic heterocycles. The summed E-state index contributed by atoms with van der Waals surface area (Å²) in [6, 6.07) is 4.15. The SMILES string of the molecule is O=C(Oc1cc(F)cc(F)c1)Oc1cc(F)cc(F)c1. The van der Waals surface area contributed by atoms with Crippen LogP contribution in [0.4, 0.5) is 22.4 Å². The van der Waals surface area contributed by atoms with E-state index in [4.69, 9.17) is 0 Å². The topological polar surface area (TPSA) is 35.5 Å². The Morgan fingerprint density at radius 3 is 1.25 bits per heavy atom. The quantitative estimate of drug-likeness (QED) is 0.478. The summed E-state index contributed by atoms with van der Waals surface area (Å²) >= 11 is 0. The summed E-state index contributed by atoms with van der Waals surface area (Å²) in [5.41, 5.74) is 0. The molecule has 3 nitrogen and oxygen atoms in total. The van der Waals surface area contributed by atoms with Crippen molar-refractivity contribution in [2.24, 2.45) is 0 Å². The molecule has 0 amide bonds. The maximum Gasteiger partial charge on any atom is 0.519 e. The molecule has 0 spiro atoms. The van der Waals surface area contributed by atoms with Gasteiger partial charge in [-0.2, -0.15) is 0 Å². The molecule has 0 bridgehead atoms. The molecule has 0 fully saturated rings. The second-order valence-corrected chi connectivity index (χ2v) is 3.66. The fourth-order valence-electron chi connectivity index (χ4n) is 1.39. The lowest BCUT2D eigenvalue weighted by molar-refractivity contribution is 0.151. The number of benzene rings is 2. The molecule has 0 radical (unpaired) electrons. The van der Waals surface area contributed by atoms with Crippen LogP contribution in [-0.4, -0.2) is 6.16 Å². The van der Waals surface area contributed by atoms with Crippen LogP contribution in [0.5, 0.6) is 11.5 Å². The first kappa shape index (κ1) is 13.9. The van der Waals surface area contributed by atoms with E-state index in [-0.39, 0.29) is 0 Å². The number of carbonyl (C=O) groups is 1. The number of hydrogen-bond donors (Lipinski definition) is 0. The van der Waals surface area contributed by atoms with E-state index in [1.165, 1.54) is 0 Å². The van der Waals surface area contributed by atoms with E-state index in [9.17, 15) is 22.4 Å². The molecule has 2 aromatic carbocycles. The van der Waals surface area contributed by atoms with Crippen molar-refractivity contribution in [3.8, 4) is 11.5 Å². The Bertz CT molecular complexity index is 562. The van der Waals surface area contributed by atoms with Crippen LogP contribution in [0.1, 0.15) is 0 Å². The summed E-state index contributed by atoms with van der Waals surface area (Å²) in [6.07, 6.45) is -1.39. The standard InChI is InChI=1S/C13H6F4O3/c14-7-1-8(15)4-11(3-7)19-13(18)20-12-5-9(16)2-10(17)6-12/h1-6H. The molecule has 0 atom stereocenters. The average Bonchev–Trinajstić information content (AvgIpc) is 2.24. The van der Waals surface area contributed by atoms with Crippen molar-refractivity contribution >= 4 is 6.16 Å². The van der Waals surface area contributed by atoms with Gasteiger partial charge in [-0.25, -0.2) is 22.4 Å². The van der Waals surface area contributed by atoms with Gasteiger partial charge in [-0.1, -0.05) is 0 Å². The zero-order chi connectivity index (χ0) is 14.7. The van der Waals surface area contributed by atoms with Crippen molar-refractivity contribution in [2.45, 2.75) is 0 Å². The van der Waals surface area contributed by atoms with Crippen LogP contribution in [0.15, 0.2) is 36.4 Å². The molecule has 0 unspecified atom stereocenters. The van der Waals surface area contributed by atoms with E-state index in [0.29, 0.717) is 12.1 Å². The van der Waals surface area contributed by atoms with Gasteiger partial charge in [0.2, 0.25) is 0 Å². The zero-order valence-electron chi connectivity index (χ0n) is 9.70. The first-order chi connectivity index (χ1) is 9.42. The van der Waals surface area contributed by atoms with Crippen LogP contribution in [0.2, 0.25) is 0 Å². The second-order valence-electron chi connectivity index (χ2n) is 3.66. The summed E-state index contributed by atoms with van der Waals surface area (Å²) in [6.45, 7) is 0. The van der Waals surface area contributed by atoms with Crippen molar-refractivity contribution in [3.63, 3.8) is 0 Å². The van der Waals surface area contributed by atoms with Gasteiger partial charge in [-0.05, 0) is 0 Å². The van der Waals surface area contributed by atoms with Crippen molar-refractivity contribution in [3.05, 3.63) is 59.7 Å². The van der Waals surface area contributed by atoms with Crippen LogP contribution >= 0.6 is 0 Å². The van der Waals surface area contributed by atoms with Crippen molar-refractivity contribution < 1.29 is 31.8 Å². The highest BCUT2D eigenvalue weighted by atomic mass is 19.1. The van der Waals surface area contributed by atoms with Gasteiger partial charge in [0.05, 0.1) is 0 Å². The largest absolute Gasteiger partial charge is 0.519 e. The first-order valence-electron chi connectivity index (χ1n) is 5.24. The molecule has 0 aliphatic rings. The third-order valence-corrected chi connectivity index (χ3v) is 2.07. The lowest BCUT2D eigenvalue weighted by atomic mass is 10.3. The van der Waals surface area contributed by atoms with Crippen LogP contribution in [0.3, 0.4) is 0 Å². The summed E-state index contributed by atoms with van der Waals surface area (Å²) in [5.74, 6) is -4.70. The van der Waals surface area contributed by atoms with E-state index in [0.717, 1.165) is 24.3 Å². The molecule has 0 aliphatic carbocycles. The lowest BCUT2D eigenvalue weighted by Gasteiger charge is -2.06. The fraction of sp³-hybridized carbons (Fsp3) is 0. The molecule has 0 saturated carbocycles. The highest BCUT2D eigenvalue weighted by Gasteiger charge is 2.11. The van der Waals surface area contributed by atoms with Gasteiger partial charge in [0, 0.05) is 36.4 Å². The molecule has 7 heteroatoms. The van der Waals surface area contributed by atoms with Crippen molar-refractivity contribution in [2.75, 3.05) is 0 Å². The normalized spacial score (nSPS) is 10.2. The van der Waals surface area contributed by atoms with Gasteiger partial charge in [-0.15, -0.1) is 0 Å². The Morgan fingerprint density at radius 2 is 0.950 bits per heavy atom. The molecule has 0 heterocycles. The average molecular weight is 286 g/mol. The molecule has 0 saturated heterocycles. The fourth-order valence-corrected chi connectivity index (χ4v) is 1.39. The number of hydrogen-bond acceptors (Lipinski definition) is 3. The minimum atomic E-state index is -1.39. The number of ether oxygens (including phenoxy) is 2. The molecular weight excluding hydrogens is 280 g/mol. The maximum absolute atomic E-state index is 12.8. The smallest absolute Gasteiger partial charge is 0.394 e. The van der Waals surface area contributed by atoms with E-state index in [2.05, 4.69) is 9.47 Å². The van der Waals surface area contributed by atoms with Crippen LogP contribution in [0.25, 0.3) is 0 Å². The van der Waals surface area contributed by atoms with E-state index in [1.807, 2.05) is 0 Å². The third-order valence-electron chi connectivity index (χ3n) is 2.07. The monoisotopic (exact) mass is 286 g/mol. The third kappa shape index (κ3) is 3.71. The maximum atomic E-state index is 12.8. The minimum absolute atomic E-state index is 0.440. The Hall–Kier alpha value is -2.57. The van der Waals surface area contributed by atoms with Gasteiger partial charge in [-0.3, -0.25) is 0 Å². The predicted octanol–water partition coefficient (Wildman–Crippen LogP) is 3.82. The molecule has 20 heavy (non-hydrogen) atoms. The second kappa shape index (κ2) is 5.60. The molecule has 2 aromatic rings. The Kier molecular flexibility index (Phi) is 3.88. The summed E-state index contributed by atoms with van der Waals surface area (Å²) in [4.78, 5) is 11.3. The predicted molar refractivity (Wildman–Crippen MR) is 59.4 cm³/mol. The number of rotatable bonds is 2.